The number of ether oxygens (including phenoxy) is 1. The van der Waals surface area contributed by atoms with Crippen LogP contribution in [-0.2, 0) is 0 Å². The summed E-state index contributed by atoms with van der Waals surface area (Å²) in [5, 5.41) is 3.92. The Morgan fingerprint density at radius 2 is 2.05 bits per heavy atom. The van der Waals surface area contributed by atoms with Gasteiger partial charge in [0.1, 0.15) is 5.75 Å². The zero-order valence-electron chi connectivity index (χ0n) is 11.7. The third kappa shape index (κ3) is 4.35. The number of hydrazone groups is 1. The Bertz CT molecular complexity index is 636. The van der Waals surface area contributed by atoms with E-state index in [4.69, 9.17) is 10.5 Å². The fourth-order valence-electron chi connectivity index (χ4n) is 1.73. The molecule has 108 valence electrons. The maximum absolute atomic E-state index is 11.8. The van der Waals surface area contributed by atoms with E-state index < -0.39 is 0 Å². The van der Waals surface area contributed by atoms with Gasteiger partial charge in [-0.15, -0.1) is 0 Å². The van der Waals surface area contributed by atoms with Crippen molar-refractivity contribution in [3.8, 4) is 5.75 Å². The minimum atomic E-state index is -0.301. The number of hydrogen-bond acceptors (Lipinski definition) is 4. The lowest BCUT2D eigenvalue weighted by atomic mass is 10.2. The maximum atomic E-state index is 11.8. The first kappa shape index (κ1) is 14.6. The van der Waals surface area contributed by atoms with Gasteiger partial charge in [-0.25, -0.2) is 5.43 Å². The molecule has 5 nitrogen and oxygen atoms in total. The van der Waals surface area contributed by atoms with E-state index in [1.165, 1.54) is 0 Å². The summed E-state index contributed by atoms with van der Waals surface area (Å²) in [5.74, 6) is 0.503. The van der Waals surface area contributed by atoms with Gasteiger partial charge in [0.15, 0.2) is 0 Å². The molecule has 0 fully saturated rings. The lowest BCUT2D eigenvalue weighted by molar-refractivity contribution is 0.0955. The van der Waals surface area contributed by atoms with Gasteiger partial charge >= 0.3 is 0 Å². The number of nitrogen functional groups attached to an aromatic ring is 1. The van der Waals surface area contributed by atoms with Crippen molar-refractivity contribution in [1.82, 2.24) is 5.43 Å². The molecular weight excluding hydrogens is 266 g/mol. The minimum absolute atomic E-state index is 0.301. The van der Waals surface area contributed by atoms with Crippen molar-refractivity contribution in [1.29, 1.82) is 0 Å². The van der Waals surface area contributed by atoms with Crippen LogP contribution in [0, 0.1) is 0 Å². The SMILES string of the molecule is CCOc1ccc(/C=N\NC(=O)c2cccc(N)c2)cc1. The van der Waals surface area contributed by atoms with Gasteiger partial charge in [0.05, 0.1) is 12.8 Å². The van der Waals surface area contributed by atoms with Gasteiger partial charge in [0.25, 0.3) is 5.91 Å². The first-order chi connectivity index (χ1) is 10.2. The molecule has 0 saturated carbocycles. The van der Waals surface area contributed by atoms with Crippen LogP contribution in [0.1, 0.15) is 22.8 Å². The second kappa shape index (κ2) is 7.09. The van der Waals surface area contributed by atoms with Gasteiger partial charge < -0.3 is 10.5 Å². The number of amides is 1. The molecule has 2 rings (SSSR count). The highest BCUT2D eigenvalue weighted by Gasteiger charge is 2.03. The summed E-state index contributed by atoms with van der Waals surface area (Å²) in [6, 6.07) is 14.2. The predicted octanol–water partition coefficient (Wildman–Crippen LogP) is 2.43. The highest BCUT2D eigenvalue weighted by molar-refractivity contribution is 5.95. The smallest absolute Gasteiger partial charge is 0.271 e. The van der Waals surface area contributed by atoms with E-state index in [1.54, 1.807) is 30.5 Å². The lowest BCUT2D eigenvalue weighted by Crippen LogP contribution is -2.17. The Morgan fingerprint density at radius 3 is 2.71 bits per heavy atom. The highest BCUT2D eigenvalue weighted by Crippen LogP contribution is 2.10. The predicted molar refractivity (Wildman–Crippen MR) is 83.5 cm³/mol. The highest BCUT2D eigenvalue weighted by atomic mass is 16.5. The van der Waals surface area contributed by atoms with Crippen molar-refractivity contribution in [3.63, 3.8) is 0 Å². The van der Waals surface area contributed by atoms with E-state index in [9.17, 15) is 4.79 Å². The molecule has 0 unspecified atom stereocenters. The van der Waals surface area contributed by atoms with Crippen LogP contribution in [0.2, 0.25) is 0 Å². The maximum Gasteiger partial charge on any atom is 0.271 e. The van der Waals surface area contributed by atoms with Crippen LogP contribution in [0.15, 0.2) is 53.6 Å². The summed E-state index contributed by atoms with van der Waals surface area (Å²) in [7, 11) is 0. The quantitative estimate of drug-likeness (QED) is 0.502. The van der Waals surface area contributed by atoms with Gasteiger partial charge in [-0.1, -0.05) is 6.07 Å². The minimum Gasteiger partial charge on any atom is -0.494 e. The summed E-state index contributed by atoms with van der Waals surface area (Å²) in [5.41, 5.74) is 9.96. The van der Waals surface area contributed by atoms with Crippen LogP contribution in [0.4, 0.5) is 5.69 Å². The van der Waals surface area contributed by atoms with Gasteiger partial charge in [0.2, 0.25) is 0 Å². The van der Waals surface area contributed by atoms with E-state index in [0.717, 1.165) is 11.3 Å². The first-order valence-electron chi connectivity index (χ1n) is 6.61. The third-order valence-electron chi connectivity index (χ3n) is 2.72. The number of rotatable bonds is 5. The van der Waals surface area contributed by atoms with E-state index >= 15 is 0 Å². The second-order valence-corrected chi connectivity index (χ2v) is 4.33. The average molecular weight is 283 g/mol. The Balaban J connectivity index is 1.94. The monoisotopic (exact) mass is 283 g/mol. The number of benzene rings is 2. The summed E-state index contributed by atoms with van der Waals surface area (Å²) in [6.45, 7) is 2.56. The molecule has 2 aromatic rings. The molecule has 0 atom stereocenters. The summed E-state index contributed by atoms with van der Waals surface area (Å²) in [4.78, 5) is 11.8. The fraction of sp³-hybridized carbons (Fsp3) is 0.125. The molecule has 0 aliphatic rings. The van der Waals surface area contributed by atoms with Crippen LogP contribution in [0.5, 0.6) is 5.75 Å². The molecular formula is C16H17N3O2. The summed E-state index contributed by atoms with van der Waals surface area (Å²) >= 11 is 0. The van der Waals surface area contributed by atoms with Crippen LogP contribution in [-0.4, -0.2) is 18.7 Å². The molecule has 0 bridgehead atoms. The fourth-order valence-corrected chi connectivity index (χ4v) is 1.73. The molecule has 0 aliphatic carbocycles. The van der Waals surface area contributed by atoms with Gasteiger partial charge in [0, 0.05) is 11.3 Å². The standard InChI is InChI=1S/C16H17N3O2/c1-2-21-15-8-6-12(7-9-15)11-18-19-16(20)13-4-3-5-14(17)10-13/h3-11H,2,17H2,1H3,(H,19,20)/b18-11-. The topological polar surface area (TPSA) is 76.7 Å². The number of nitrogens with two attached hydrogens (primary N) is 1. The molecule has 1 amide bonds. The Kier molecular flexibility index (Phi) is 4.93. The van der Waals surface area contributed by atoms with Crippen molar-refractivity contribution < 1.29 is 9.53 Å². The Hall–Kier alpha value is -2.82. The third-order valence-corrected chi connectivity index (χ3v) is 2.72. The molecule has 21 heavy (non-hydrogen) atoms. The summed E-state index contributed by atoms with van der Waals surface area (Å²) in [6.07, 6.45) is 1.57. The molecule has 0 heterocycles. The van der Waals surface area contributed by atoms with Crippen LogP contribution in [0.25, 0.3) is 0 Å². The number of carbonyl (C=O) groups is 1. The molecule has 0 aromatic heterocycles. The number of nitrogens with zero attached hydrogens (tertiary/aromatic N) is 1. The van der Waals surface area contributed by atoms with Gasteiger partial charge in [-0.2, -0.15) is 5.10 Å². The zero-order valence-corrected chi connectivity index (χ0v) is 11.7. The normalized spacial score (nSPS) is 10.5. The molecule has 3 N–H and O–H groups in total. The number of hydrogen-bond donors (Lipinski definition) is 2. The summed E-state index contributed by atoms with van der Waals surface area (Å²) < 4.78 is 5.35. The number of carbonyl (C=O) groups excluding carboxylic acids is 1. The molecule has 2 aromatic carbocycles. The molecule has 0 spiro atoms. The van der Waals surface area contributed by atoms with Crippen LogP contribution < -0.4 is 15.9 Å². The van der Waals surface area contributed by atoms with Crippen molar-refractivity contribution in [2.24, 2.45) is 5.10 Å². The second-order valence-electron chi connectivity index (χ2n) is 4.33. The Morgan fingerprint density at radius 1 is 1.29 bits per heavy atom. The van der Waals surface area contributed by atoms with Crippen molar-refractivity contribution in [3.05, 3.63) is 59.7 Å². The first-order valence-corrected chi connectivity index (χ1v) is 6.61. The van der Waals surface area contributed by atoms with E-state index in [0.29, 0.717) is 17.9 Å². The van der Waals surface area contributed by atoms with Crippen molar-refractivity contribution in [2.75, 3.05) is 12.3 Å². The molecule has 0 aliphatic heterocycles. The molecule has 0 saturated heterocycles. The van der Waals surface area contributed by atoms with E-state index in [2.05, 4.69) is 10.5 Å². The van der Waals surface area contributed by atoms with Crippen molar-refractivity contribution in [2.45, 2.75) is 6.92 Å². The molecule has 0 radical (unpaired) electrons. The number of anilines is 1. The molecule has 5 heteroatoms. The van der Waals surface area contributed by atoms with Crippen molar-refractivity contribution >= 4 is 17.8 Å². The van der Waals surface area contributed by atoms with E-state index in [-0.39, 0.29) is 5.91 Å². The number of nitrogens with one attached hydrogen (secondary N) is 1. The zero-order chi connectivity index (χ0) is 15.1. The van der Waals surface area contributed by atoms with E-state index in [1.807, 2.05) is 31.2 Å². The van der Waals surface area contributed by atoms with Crippen LogP contribution >= 0.6 is 0 Å². The van der Waals surface area contributed by atoms with Gasteiger partial charge in [-0.3, -0.25) is 4.79 Å². The van der Waals surface area contributed by atoms with Gasteiger partial charge in [-0.05, 0) is 55.0 Å². The van der Waals surface area contributed by atoms with Crippen LogP contribution in [0.3, 0.4) is 0 Å². The Labute approximate surface area is 123 Å². The average Bonchev–Trinajstić information content (AvgIpc) is 2.49. The lowest BCUT2D eigenvalue weighted by Gasteiger charge is -2.02. The largest absolute Gasteiger partial charge is 0.494 e.